The van der Waals surface area contributed by atoms with E-state index >= 15 is 0 Å². The lowest BCUT2D eigenvalue weighted by Crippen LogP contribution is -2.33. The minimum atomic E-state index is -0.577. The van der Waals surface area contributed by atoms with Gasteiger partial charge in [-0.3, -0.25) is 9.59 Å². The second-order valence-electron chi connectivity index (χ2n) is 2.12. The highest BCUT2D eigenvalue weighted by atomic mass is 16.2. The summed E-state index contributed by atoms with van der Waals surface area (Å²) >= 11 is 0. The molecule has 0 saturated heterocycles. The van der Waals surface area contributed by atoms with Crippen LogP contribution in [-0.2, 0) is 9.59 Å². The van der Waals surface area contributed by atoms with Gasteiger partial charge in [-0.05, 0) is 14.0 Å². The van der Waals surface area contributed by atoms with Gasteiger partial charge >= 0.3 is 0 Å². The lowest BCUT2D eigenvalue weighted by atomic mass is 10.1. The minimum absolute atomic E-state index is 0.171. The summed E-state index contributed by atoms with van der Waals surface area (Å²) in [5, 5.41) is 2.71. The zero-order valence-electron chi connectivity index (χ0n) is 6.18. The van der Waals surface area contributed by atoms with E-state index in [2.05, 4.69) is 5.32 Å². The number of hydrogen-bond acceptors (Lipinski definition) is 3. The van der Waals surface area contributed by atoms with Gasteiger partial charge in [0.15, 0.2) is 5.78 Å². The molecule has 0 radical (unpaired) electrons. The van der Waals surface area contributed by atoms with Crippen molar-refractivity contribution in [2.24, 2.45) is 5.73 Å². The third-order valence-electron chi connectivity index (χ3n) is 1.26. The molecule has 0 aliphatic heterocycles. The van der Waals surface area contributed by atoms with E-state index in [1.54, 1.807) is 14.0 Å². The lowest BCUT2D eigenvalue weighted by Gasteiger charge is -2.05. The third-order valence-corrected chi connectivity index (χ3v) is 1.26. The molecule has 3 N–H and O–H groups in total. The van der Waals surface area contributed by atoms with E-state index in [0.29, 0.717) is 0 Å². The molecule has 0 spiro atoms. The van der Waals surface area contributed by atoms with Crippen LogP contribution in [0.1, 0.15) is 13.3 Å². The van der Waals surface area contributed by atoms with Crippen LogP contribution in [0.25, 0.3) is 0 Å². The van der Waals surface area contributed by atoms with E-state index in [9.17, 15) is 9.59 Å². The van der Waals surface area contributed by atoms with Gasteiger partial charge in [0.25, 0.3) is 0 Å². The standard InChI is InChI=1S/C6H12N2O2/c1-4(8-2)5(9)3-6(7)10/h4,8H,3H2,1-2H3,(H2,7,10)/t4-/m0/s1. The maximum Gasteiger partial charge on any atom is 0.224 e. The quantitative estimate of drug-likeness (QED) is 0.499. The Labute approximate surface area is 59.8 Å². The van der Waals surface area contributed by atoms with Gasteiger partial charge in [0.05, 0.1) is 12.5 Å². The van der Waals surface area contributed by atoms with Crippen molar-refractivity contribution in [3.63, 3.8) is 0 Å². The normalized spacial score (nSPS) is 12.6. The first-order valence-electron chi connectivity index (χ1n) is 3.06. The zero-order chi connectivity index (χ0) is 8.15. The Hall–Kier alpha value is -0.900. The van der Waals surface area contributed by atoms with Gasteiger partial charge in [-0.1, -0.05) is 0 Å². The molecule has 4 nitrogen and oxygen atoms in total. The van der Waals surface area contributed by atoms with Crippen molar-refractivity contribution in [1.29, 1.82) is 0 Å². The second-order valence-corrected chi connectivity index (χ2v) is 2.12. The molecule has 0 aliphatic rings. The molecule has 0 aromatic rings. The van der Waals surface area contributed by atoms with Crippen LogP contribution < -0.4 is 11.1 Å². The lowest BCUT2D eigenvalue weighted by molar-refractivity contribution is -0.127. The zero-order valence-corrected chi connectivity index (χ0v) is 6.18. The number of ketones is 1. The second kappa shape index (κ2) is 4.00. The topological polar surface area (TPSA) is 72.2 Å². The summed E-state index contributed by atoms with van der Waals surface area (Å²) in [6.07, 6.45) is -0.179. The van der Waals surface area contributed by atoms with Gasteiger partial charge in [0.1, 0.15) is 0 Å². The van der Waals surface area contributed by atoms with Crippen LogP contribution in [0, 0.1) is 0 Å². The van der Waals surface area contributed by atoms with Crippen LogP contribution in [-0.4, -0.2) is 24.8 Å². The van der Waals surface area contributed by atoms with E-state index in [4.69, 9.17) is 5.73 Å². The molecule has 10 heavy (non-hydrogen) atoms. The van der Waals surface area contributed by atoms with Crippen molar-refractivity contribution in [2.75, 3.05) is 7.05 Å². The number of carbonyl (C=O) groups excluding carboxylic acids is 2. The largest absolute Gasteiger partial charge is 0.369 e. The molecular weight excluding hydrogens is 132 g/mol. The van der Waals surface area contributed by atoms with Gasteiger partial charge in [-0.25, -0.2) is 0 Å². The number of nitrogens with two attached hydrogens (primary N) is 1. The molecule has 0 aliphatic carbocycles. The predicted octanol–water partition coefficient (Wildman–Crippen LogP) is -0.961. The number of rotatable bonds is 4. The Balaban J connectivity index is 3.73. The van der Waals surface area contributed by atoms with Gasteiger partial charge in [0.2, 0.25) is 5.91 Å². The molecule has 0 saturated carbocycles. The van der Waals surface area contributed by atoms with Crippen molar-refractivity contribution < 1.29 is 9.59 Å². The number of nitrogens with one attached hydrogen (secondary N) is 1. The number of hydrogen-bond donors (Lipinski definition) is 2. The molecule has 0 fully saturated rings. The van der Waals surface area contributed by atoms with Crippen molar-refractivity contribution >= 4 is 11.7 Å². The number of Topliss-reactive ketones (excluding diaryl/α,β-unsaturated/α-hetero) is 1. The molecule has 0 heterocycles. The number of likely N-dealkylation sites (N-methyl/N-ethyl adjacent to an activating group) is 1. The first-order valence-corrected chi connectivity index (χ1v) is 3.06. The highest BCUT2D eigenvalue weighted by Gasteiger charge is 2.11. The Kier molecular flexibility index (Phi) is 3.64. The highest BCUT2D eigenvalue weighted by molar-refractivity contribution is 5.99. The maximum atomic E-state index is 10.8. The molecule has 0 bridgehead atoms. The SMILES string of the molecule is CN[C@@H](C)C(=O)CC(N)=O. The number of carbonyl (C=O) groups is 2. The van der Waals surface area contributed by atoms with Crippen molar-refractivity contribution in [3.8, 4) is 0 Å². The van der Waals surface area contributed by atoms with Crippen LogP contribution in [0.2, 0.25) is 0 Å². The molecule has 1 atom stereocenters. The van der Waals surface area contributed by atoms with E-state index < -0.39 is 5.91 Å². The van der Waals surface area contributed by atoms with Gasteiger partial charge in [-0.2, -0.15) is 0 Å². The smallest absolute Gasteiger partial charge is 0.224 e. The Morgan fingerprint density at radius 1 is 1.60 bits per heavy atom. The van der Waals surface area contributed by atoms with Gasteiger partial charge < -0.3 is 11.1 Å². The van der Waals surface area contributed by atoms with E-state index in [-0.39, 0.29) is 18.2 Å². The van der Waals surface area contributed by atoms with Crippen molar-refractivity contribution in [3.05, 3.63) is 0 Å². The van der Waals surface area contributed by atoms with E-state index in [1.165, 1.54) is 0 Å². The Morgan fingerprint density at radius 2 is 2.10 bits per heavy atom. The molecule has 0 unspecified atom stereocenters. The van der Waals surface area contributed by atoms with Crippen LogP contribution in [0.5, 0.6) is 0 Å². The van der Waals surface area contributed by atoms with Gasteiger partial charge in [-0.15, -0.1) is 0 Å². The van der Waals surface area contributed by atoms with Crippen LogP contribution in [0.15, 0.2) is 0 Å². The third kappa shape index (κ3) is 3.19. The van der Waals surface area contributed by atoms with Gasteiger partial charge in [0, 0.05) is 0 Å². The summed E-state index contributed by atoms with van der Waals surface area (Å²) in [6.45, 7) is 1.69. The van der Waals surface area contributed by atoms with E-state index in [1.807, 2.05) is 0 Å². The molecular formula is C6H12N2O2. The monoisotopic (exact) mass is 144 g/mol. The summed E-state index contributed by atoms with van der Waals surface area (Å²) in [4.78, 5) is 21.0. The Morgan fingerprint density at radius 3 is 2.40 bits per heavy atom. The molecule has 0 rings (SSSR count). The van der Waals surface area contributed by atoms with Crippen LogP contribution in [0.4, 0.5) is 0 Å². The summed E-state index contributed by atoms with van der Waals surface area (Å²) in [5.41, 5.74) is 4.80. The number of primary amides is 1. The summed E-state index contributed by atoms with van der Waals surface area (Å²) < 4.78 is 0. The Bertz CT molecular complexity index is 145. The van der Waals surface area contributed by atoms with Crippen molar-refractivity contribution in [2.45, 2.75) is 19.4 Å². The minimum Gasteiger partial charge on any atom is -0.369 e. The number of amides is 1. The average molecular weight is 144 g/mol. The first kappa shape index (κ1) is 9.10. The fraction of sp³-hybridized carbons (Fsp3) is 0.667. The summed E-state index contributed by atoms with van der Waals surface area (Å²) in [6, 6.07) is -0.285. The maximum absolute atomic E-state index is 10.8. The fourth-order valence-corrected chi connectivity index (χ4v) is 0.486. The summed E-state index contributed by atoms with van der Waals surface area (Å²) in [5.74, 6) is -0.748. The van der Waals surface area contributed by atoms with Crippen LogP contribution in [0.3, 0.4) is 0 Å². The first-order chi connectivity index (χ1) is 4.57. The fourth-order valence-electron chi connectivity index (χ4n) is 0.486. The predicted molar refractivity (Wildman–Crippen MR) is 37.3 cm³/mol. The van der Waals surface area contributed by atoms with E-state index in [0.717, 1.165) is 0 Å². The average Bonchev–Trinajstić information content (AvgIpc) is 1.85. The molecule has 0 aromatic heterocycles. The molecule has 58 valence electrons. The molecule has 1 amide bonds. The summed E-state index contributed by atoms with van der Waals surface area (Å²) in [7, 11) is 1.66. The van der Waals surface area contributed by atoms with Crippen LogP contribution >= 0.6 is 0 Å². The van der Waals surface area contributed by atoms with Crippen molar-refractivity contribution in [1.82, 2.24) is 5.32 Å². The highest BCUT2D eigenvalue weighted by Crippen LogP contribution is 1.88. The molecule has 0 aromatic carbocycles. The molecule has 4 heteroatoms.